The molecule has 6 heteroatoms. The molecule has 0 aromatic heterocycles. The van der Waals surface area contributed by atoms with E-state index in [0.717, 1.165) is 11.1 Å². The topological polar surface area (TPSA) is 71.1 Å². The van der Waals surface area contributed by atoms with E-state index in [0.29, 0.717) is 29.6 Å². The van der Waals surface area contributed by atoms with Crippen LogP contribution in [-0.2, 0) is 14.3 Å². The monoisotopic (exact) mass is 342 g/mol. The lowest BCUT2D eigenvalue weighted by Crippen LogP contribution is -2.14. The summed E-state index contributed by atoms with van der Waals surface area (Å²) in [5, 5.41) is 0. The van der Waals surface area contributed by atoms with Crippen molar-refractivity contribution in [2.75, 3.05) is 6.61 Å². The molecular weight excluding hydrogens is 324 g/mol. The minimum Gasteiger partial charge on any atom is -0.456 e. The first-order chi connectivity index (χ1) is 12.0. The smallest absolute Gasteiger partial charge is 0.308 e. The predicted octanol–water partition coefficient (Wildman–Crippen LogP) is 3.77. The van der Waals surface area contributed by atoms with Gasteiger partial charge in [0.2, 0.25) is 0 Å². The van der Waals surface area contributed by atoms with Crippen LogP contribution in [0.5, 0.6) is 23.0 Å². The Labute approximate surface area is 145 Å². The van der Waals surface area contributed by atoms with Crippen LogP contribution in [0, 0.1) is 0 Å². The van der Waals surface area contributed by atoms with Crippen molar-refractivity contribution in [3.05, 3.63) is 47.5 Å². The van der Waals surface area contributed by atoms with Gasteiger partial charge >= 0.3 is 11.9 Å². The standard InChI is InChI=1S/C19H18O6/c1-4-22-19-15-7-5-13(23-11(2)20)9-17(15)25-18-10-14(24-12(3)21)6-8-16(18)19/h5-10,19H,4H2,1-3H3. The molecule has 2 aromatic carbocycles. The Morgan fingerprint density at radius 1 is 0.920 bits per heavy atom. The molecule has 6 nitrogen and oxygen atoms in total. The maximum absolute atomic E-state index is 11.2. The van der Waals surface area contributed by atoms with Crippen molar-refractivity contribution in [2.24, 2.45) is 0 Å². The number of rotatable bonds is 4. The van der Waals surface area contributed by atoms with Crippen molar-refractivity contribution in [3.8, 4) is 23.0 Å². The Hall–Kier alpha value is -2.86. The number of hydrogen-bond donors (Lipinski definition) is 0. The van der Waals surface area contributed by atoms with Gasteiger partial charge < -0.3 is 18.9 Å². The van der Waals surface area contributed by atoms with Gasteiger partial charge in [0.1, 0.15) is 29.1 Å². The molecule has 25 heavy (non-hydrogen) atoms. The summed E-state index contributed by atoms with van der Waals surface area (Å²) in [5.74, 6) is 1.03. The molecule has 0 bridgehead atoms. The van der Waals surface area contributed by atoms with E-state index < -0.39 is 11.9 Å². The Kier molecular flexibility index (Phi) is 4.72. The van der Waals surface area contributed by atoms with Crippen LogP contribution in [0.25, 0.3) is 0 Å². The second-order valence-electron chi connectivity index (χ2n) is 5.52. The molecule has 0 unspecified atom stereocenters. The fourth-order valence-corrected chi connectivity index (χ4v) is 2.73. The average Bonchev–Trinajstić information content (AvgIpc) is 2.53. The maximum Gasteiger partial charge on any atom is 0.308 e. The highest BCUT2D eigenvalue weighted by Gasteiger charge is 2.29. The fraction of sp³-hybridized carbons (Fsp3) is 0.263. The minimum atomic E-state index is -0.408. The summed E-state index contributed by atoms with van der Waals surface area (Å²) in [6.07, 6.45) is -0.318. The van der Waals surface area contributed by atoms with Gasteiger partial charge in [0, 0.05) is 43.7 Å². The van der Waals surface area contributed by atoms with Gasteiger partial charge in [-0.05, 0) is 31.2 Å². The summed E-state index contributed by atoms with van der Waals surface area (Å²) in [6.45, 7) is 5.10. The third-order valence-corrected chi connectivity index (χ3v) is 3.61. The van der Waals surface area contributed by atoms with E-state index in [9.17, 15) is 9.59 Å². The minimum absolute atomic E-state index is 0.318. The Balaban J connectivity index is 2.01. The van der Waals surface area contributed by atoms with Crippen molar-refractivity contribution in [1.82, 2.24) is 0 Å². The van der Waals surface area contributed by atoms with Crippen LogP contribution in [0.15, 0.2) is 36.4 Å². The van der Waals surface area contributed by atoms with Gasteiger partial charge in [0.15, 0.2) is 0 Å². The average molecular weight is 342 g/mol. The fourth-order valence-electron chi connectivity index (χ4n) is 2.73. The molecule has 2 aromatic rings. The first kappa shape index (κ1) is 17.0. The number of hydrogen-bond acceptors (Lipinski definition) is 6. The van der Waals surface area contributed by atoms with Crippen molar-refractivity contribution >= 4 is 11.9 Å². The molecule has 0 spiro atoms. The van der Waals surface area contributed by atoms with E-state index in [1.807, 2.05) is 19.1 Å². The van der Waals surface area contributed by atoms with E-state index in [1.165, 1.54) is 13.8 Å². The largest absolute Gasteiger partial charge is 0.456 e. The Morgan fingerprint density at radius 3 is 1.80 bits per heavy atom. The highest BCUT2D eigenvalue weighted by atomic mass is 16.5. The quantitative estimate of drug-likeness (QED) is 0.622. The van der Waals surface area contributed by atoms with Gasteiger partial charge in [0.05, 0.1) is 0 Å². The second kappa shape index (κ2) is 6.94. The molecule has 0 amide bonds. The molecule has 1 aliphatic rings. The molecular formula is C19H18O6. The van der Waals surface area contributed by atoms with Gasteiger partial charge in [-0.1, -0.05) is 0 Å². The number of benzene rings is 2. The highest BCUT2D eigenvalue weighted by molar-refractivity contribution is 5.70. The lowest BCUT2D eigenvalue weighted by atomic mass is 9.96. The Morgan fingerprint density at radius 2 is 1.40 bits per heavy atom. The molecule has 3 rings (SSSR count). The van der Waals surface area contributed by atoms with E-state index in [4.69, 9.17) is 18.9 Å². The molecule has 0 radical (unpaired) electrons. The summed E-state index contributed by atoms with van der Waals surface area (Å²) in [4.78, 5) is 22.3. The van der Waals surface area contributed by atoms with Gasteiger partial charge in [-0.15, -0.1) is 0 Å². The zero-order valence-electron chi connectivity index (χ0n) is 14.2. The van der Waals surface area contributed by atoms with Gasteiger partial charge in [-0.25, -0.2) is 0 Å². The zero-order valence-corrected chi connectivity index (χ0v) is 14.2. The van der Waals surface area contributed by atoms with Crippen LogP contribution in [-0.4, -0.2) is 18.5 Å². The van der Waals surface area contributed by atoms with E-state index in [1.54, 1.807) is 24.3 Å². The summed E-state index contributed by atoms with van der Waals surface area (Å²) in [7, 11) is 0. The van der Waals surface area contributed by atoms with Crippen molar-refractivity contribution < 1.29 is 28.5 Å². The van der Waals surface area contributed by atoms with Crippen molar-refractivity contribution in [1.29, 1.82) is 0 Å². The SMILES string of the molecule is CCOC1c2ccc(OC(C)=O)cc2Oc2cc(OC(C)=O)ccc21. The molecule has 1 aliphatic heterocycles. The van der Waals surface area contributed by atoms with E-state index >= 15 is 0 Å². The first-order valence-corrected chi connectivity index (χ1v) is 7.92. The lowest BCUT2D eigenvalue weighted by Gasteiger charge is -2.28. The summed E-state index contributed by atoms with van der Waals surface area (Å²) < 4.78 is 22.0. The molecule has 0 fully saturated rings. The third-order valence-electron chi connectivity index (χ3n) is 3.61. The van der Waals surface area contributed by atoms with Crippen molar-refractivity contribution in [3.63, 3.8) is 0 Å². The van der Waals surface area contributed by atoms with Crippen LogP contribution >= 0.6 is 0 Å². The number of fused-ring (bicyclic) bond motifs is 2. The van der Waals surface area contributed by atoms with Crippen LogP contribution in [0.4, 0.5) is 0 Å². The van der Waals surface area contributed by atoms with Crippen LogP contribution in [0.3, 0.4) is 0 Å². The summed E-state index contributed by atoms with van der Waals surface area (Å²) in [6, 6.07) is 10.3. The van der Waals surface area contributed by atoms with Gasteiger partial charge in [-0.2, -0.15) is 0 Å². The molecule has 0 atom stereocenters. The molecule has 1 heterocycles. The second-order valence-corrected chi connectivity index (χ2v) is 5.52. The number of carbonyl (C=O) groups is 2. The lowest BCUT2D eigenvalue weighted by molar-refractivity contribution is -0.132. The highest BCUT2D eigenvalue weighted by Crippen LogP contribution is 2.47. The van der Waals surface area contributed by atoms with E-state index in [2.05, 4.69) is 0 Å². The van der Waals surface area contributed by atoms with E-state index in [-0.39, 0.29) is 6.10 Å². The Bertz CT molecular complexity index is 761. The molecule has 0 aliphatic carbocycles. The van der Waals surface area contributed by atoms with Crippen LogP contribution in [0.2, 0.25) is 0 Å². The maximum atomic E-state index is 11.2. The van der Waals surface area contributed by atoms with Crippen LogP contribution < -0.4 is 14.2 Å². The van der Waals surface area contributed by atoms with Crippen molar-refractivity contribution in [2.45, 2.75) is 26.9 Å². The molecule has 130 valence electrons. The molecule has 0 saturated heterocycles. The summed E-state index contributed by atoms with van der Waals surface area (Å²) in [5.41, 5.74) is 1.68. The summed E-state index contributed by atoms with van der Waals surface area (Å²) >= 11 is 0. The van der Waals surface area contributed by atoms with Gasteiger partial charge in [-0.3, -0.25) is 9.59 Å². The predicted molar refractivity (Wildman–Crippen MR) is 89.0 cm³/mol. The number of ether oxygens (including phenoxy) is 4. The third kappa shape index (κ3) is 3.64. The number of carbonyl (C=O) groups excluding carboxylic acids is 2. The van der Waals surface area contributed by atoms with Gasteiger partial charge in [0.25, 0.3) is 0 Å². The first-order valence-electron chi connectivity index (χ1n) is 7.92. The van der Waals surface area contributed by atoms with Crippen LogP contribution in [0.1, 0.15) is 38.0 Å². The zero-order chi connectivity index (χ0) is 18.0. The molecule has 0 N–H and O–H groups in total. The molecule has 0 saturated carbocycles. The normalized spacial score (nSPS) is 12.6. The number of esters is 2.